The number of benzene rings is 1. The van der Waals surface area contributed by atoms with Gasteiger partial charge in [-0.2, -0.15) is 0 Å². The monoisotopic (exact) mass is 216 g/mol. The van der Waals surface area contributed by atoms with Gasteiger partial charge < -0.3 is 4.74 Å². The van der Waals surface area contributed by atoms with E-state index in [1.807, 2.05) is 30.3 Å². The number of rotatable bonds is 3. The van der Waals surface area contributed by atoms with Crippen LogP contribution in [0.15, 0.2) is 30.3 Å². The third-order valence-corrected chi connectivity index (χ3v) is 2.42. The van der Waals surface area contributed by atoms with Crippen LogP contribution in [0.5, 0.6) is 5.75 Å². The Kier molecular flexibility index (Phi) is 3.53. The Bertz CT molecular complexity index is 178. The highest BCUT2D eigenvalue weighted by Gasteiger charge is 1.87. The standard InChI is InChI=1S/C7H9BrOSi/c8-10-6-9-7-4-2-1-3-5-7/h1-5H,6,10H2. The Morgan fingerprint density at radius 1 is 1.30 bits per heavy atom. The van der Waals surface area contributed by atoms with Crippen LogP contribution in [-0.4, -0.2) is 14.4 Å². The maximum absolute atomic E-state index is 5.37. The van der Waals surface area contributed by atoms with Crippen LogP contribution in [0.3, 0.4) is 0 Å². The predicted molar refractivity (Wildman–Crippen MR) is 49.4 cm³/mol. The lowest BCUT2D eigenvalue weighted by molar-refractivity contribution is 0.387. The number of hydrogen-bond acceptors (Lipinski definition) is 1. The summed E-state index contributed by atoms with van der Waals surface area (Å²) in [5.74, 6) is 0.967. The normalized spacial score (nSPS) is 10.5. The summed E-state index contributed by atoms with van der Waals surface area (Å²) in [5, 5.41) is 0. The Labute approximate surface area is 70.8 Å². The van der Waals surface area contributed by atoms with Crippen LogP contribution in [0.1, 0.15) is 0 Å². The lowest BCUT2D eigenvalue weighted by Crippen LogP contribution is -1.99. The van der Waals surface area contributed by atoms with Gasteiger partial charge in [-0.3, -0.25) is 0 Å². The van der Waals surface area contributed by atoms with Gasteiger partial charge in [0.05, 0.1) is 6.23 Å². The maximum atomic E-state index is 5.37. The van der Waals surface area contributed by atoms with Crippen molar-refractivity contribution < 1.29 is 4.74 Å². The topological polar surface area (TPSA) is 9.23 Å². The van der Waals surface area contributed by atoms with Gasteiger partial charge in [-0.15, -0.1) is 15.3 Å². The van der Waals surface area contributed by atoms with E-state index in [0.717, 1.165) is 12.0 Å². The first-order valence-corrected chi connectivity index (χ1v) is 8.07. The van der Waals surface area contributed by atoms with Gasteiger partial charge in [0.1, 0.15) is 13.9 Å². The SMILES string of the molecule is Br[SiH2]COc1ccccc1. The zero-order valence-electron chi connectivity index (χ0n) is 5.59. The molecule has 0 N–H and O–H groups in total. The average Bonchev–Trinajstić information content (AvgIpc) is 2.03. The van der Waals surface area contributed by atoms with Gasteiger partial charge in [-0.1, -0.05) is 18.2 Å². The quantitative estimate of drug-likeness (QED) is 0.550. The molecular formula is C7H9BrOSi. The highest BCUT2D eigenvalue weighted by molar-refractivity contribution is 9.23. The molecule has 0 saturated carbocycles. The van der Waals surface area contributed by atoms with E-state index in [0.29, 0.717) is 0 Å². The summed E-state index contributed by atoms with van der Waals surface area (Å²) in [4.78, 5) is 0. The second-order valence-electron chi connectivity index (χ2n) is 1.85. The molecule has 0 fully saturated rings. The minimum Gasteiger partial charge on any atom is -0.497 e. The van der Waals surface area contributed by atoms with E-state index in [2.05, 4.69) is 15.3 Å². The largest absolute Gasteiger partial charge is 0.497 e. The summed E-state index contributed by atoms with van der Waals surface area (Å²) < 4.78 is 5.37. The molecule has 0 heterocycles. The van der Waals surface area contributed by atoms with Gasteiger partial charge in [-0.25, -0.2) is 0 Å². The number of para-hydroxylation sites is 1. The smallest absolute Gasteiger partial charge is 0.142 e. The van der Waals surface area contributed by atoms with Crippen molar-refractivity contribution in [1.29, 1.82) is 0 Å². The van der Waals surface area contributed by atoms with Crippen LogP contribution in [-0.2, 0) is 0 Å². The number of hydrogen-bond donors (Lipinski definition) is 0. The van der Waals surface area contributed by atoms with Gasteiger partial charge in [0, 0.05) is 0 Å². The zero-order valence-corrected chi connectivity index (χ0v) is 8.59. The summed E-state index contributed by atoms with van der Waals surface area (Å²) >= 11 is 3.42. The molecule has 1 aromatic rings. The second kappa shape index (κ2) is 4.52. The van der Waals surface area contributed by atoms with E-state index >= 15 is 0 Å². The van der Waals surface area contributed by atoms with Crippen LogP contribution in [0.2, 0.25) is 0 Å². The van der Waals surface area contributed by atoms with Crippen molar-refractivity contribution in [3.05, 3.63) is 30.3 Å². The van der Waals surface area contributed by atoms with E-state index in [1.165, 1.54) is 0 Å². The van der Waals surface area contributed by atoms with Crippen LogP contribution in [0, 0.1) is 0 Å². The minimum absolute atomic E-state index is 0.140. The van der Waals surface area contributed by atoms with Crippen molar-refractivity contribution in [3.63, 3.8) is 0 Å². The first-order chi connectivity index (χ1) is 4.93. The first kappa shape index (κ1) is 7.82. The van der Waals surface area contributed by atoms with E-state index in [-0.39, 0.29) is 8.14 Å². The van der Waals surface area contributed by atoms with Gasteiger partial charge in [0.25, 0.3) is 0 Å². The molecule has 1 nitrogen and oxygen atoms in total. The molecule has 1 aromatic carbocycles. The molecule has 3 heteroatoms. The molecule has 0 saturated heterocycles. The molecule has 1 rings (SSSR count). The summed E-state index contributed by atoms with van der Waals surface area (Å²) in [6.45, 7) is 0. The molecule has 0 unspecified atom stereocenters. The third kappa shape index (κ3) is 2.54. The van der Waals surface area contributed by atoms with Crippen molar-refractivity contribution in [2.24, 2.45) is 0 Å². The van der Waals surface area contributed by atoms with Crippen molar-refractivity contribution in [1.82, 2.24) is 0 Å². The van der Waals surface area contributed by atoms with Crippen molar-refractivity contribution in [2.75, 3.05) is 6.23 Å². The highest BCUT2D eigenvalue weighted by atomic mass is 79.9. The lowest BCUT2D eigenvalue weighted by atomic mass is 10.3. The van der Waals surface area contributed by atoms with E-state index in [1.54, 1.807) is 0 Å². The van der Waals surface area contributed by atoms with Gasteiger partial charge in [-0.05, 0) is 12.1 Å². The fraction of sp³-hybridized carbons (Fsp3) is 0.143. The van der Waals surface area contributed by atoms with Crippen LogP contribution < -0.4 is 4.74 Å². The molecule has 0 atom stereocenters. The van der Waals surface area contributed by atoms with Gasteiger partial charge in [0.2, 0.25) is 0 Å². The van der Waals surface area contributed by atoms with Gasteiger partial charge >= 0.3 is 0 Å². The first-order valence-electron chi connectivity index (χ1n) is 3.17. The maximum Gasteiger partial charge on any atom is 0.142 e. The highest BCUT2D eigenvalue weighted by Crippen LogP contribution is 2.07. The molecule has 0 spiro atoms. The molecule has 10 heavy (non-hydrogen) atoms. The predicted octanol–water partition coefficient (Wildman–Crippen LogP) is 1.50. The summed E-state index contributed by atoms with van der Waals surface area (Å²) in [7, 11) is -0.140. The lowest BCUT2D eigenvalue weighted by Gasteiger charge is -2.00. The summed E-state index contributed by atoms with van der Waals surface area (Å²) in [6.07, 6.45) is 0.865. The van der Waals surface area contributed by atoms with Crippen LogP contribution in [0.4, 0.5) is 0 Å². The molecule has 0 aromatic heterocycles. The number of halogens is 1. The Balaban J connectivity index is 2.43. The average molecular weight is 217 g/mol. The molecule has 0 radical (unpaired) electrons. The zero-order chi connectivity index (χ0) is 7.23. The van der Waals surface area contributed by atoms with Crippen molar-refractivity contribution >= 4 is 23.4 Å². The molecular weight excluding hydrogens is 208 g/mol. The molecule has 0 aliphatic rings. The van der Waals surface area contributed by atoms with Crippen LogP contribution >= 0.6 is 15.3 Å². The molecule has 54 valence electrons. The minimum atomic E-state index is -0.140. The summed E-state index contributed by atoms with van der Waals surface area (Å²) in [6, 6.07) is 9.88. The Morgan fingerprint density at radius 2 is 2.00 bits per heavy atom. The molecule has 0 bridgehead atoms. The third-order valence-electron chi connectivity index (χ3n) is 1.09. The number of ether oxygens (including phenoxy) is 1. The van der Waals surface area contributed by atoms with E-state index < -0.39 is 0 Å². The molecule has 0 amide bonds. The van der Waals surface area contributed by atoms with Gasteiger partial charge in [0.15, 0.2) is 0 Å². The van der Waals surface area contributed by atoms with Crippen molar-refractivity contribution in [2.45, 2.75) is 0 Å². The Hall–Kier alpha value is -0.283. The Morgan fingerprint density at radius 3 is 2.60 bits per heavy atom. The molecule has 0 aliphatic heterocycles. The van der Waals surface area contributed by atoms with E-state index in [9.17, 15) is 0 Å². The van der Waals surface area contributed by atoms with Crippen LogP contribution in [0.25, 0.3) is 0 Å². The second-order valence-corrected chi connectivity index (χ2v) is 5.02. The fourth-order valence-corrected chi connectivity index (χ4v) is 1.47. The van der Waals surface area contributed by atoms with E-state index in [4.69, 9.17) is 4.74 Å². The fourth-order valence-electron chi connectivity index (χ4n) is 0.673. The molecule has 0 aliphatic carbocycles. The summed E-state index contributed by atoms with van der Waals surface area (Å²) in [5.41, 5.74) is 0. The van der Waals surface area contributed by atoms with Crippen molar-refractivity contribution in [3.8, 4) is 5.75 Å².